The number of hydrogen-bond donors (Lipinski definition) is 1. The molecule has 8 aromatic heterocycles. The Morgan fingerprint density at radius 3 is 0.857 bits per heavy atom. The van der Waals surface area contributed by atoms with Gasteiger partial charge in [-0.3, -0.25) is 22.8 Å². The number of aromatic hydroxyl groups is 1. The molecule has 112 heavy (non-hydrogen) atoms. The molecule has 0 saturated heterocycles. The number of imidazole rings is 5. The maximum atomic E-state index is 9.45. The number of halogens is 2. The third-order valence-electron chi connectivity index (χ3n) is 19.1. The Morgan fingerprint density at radius 1 is 0.295 bits per heavy atom. The number of aromatic nitrogens is 10. The first-order valence-corrected chi connectivity index (χ1v) is 37.5. The summed E-state index contributed by atoms with van der Waals surface area (Å²) in [7, 11) is 0. The molecule has 558 valence electrons. The summed E-state index contributed by atoms with van der Waals surface area (Å²) in [4.78, 5) is 22.8. The van der Waals surface area contributed by atoms with Gasteiger partial charge in [-0.1, -0.05) is 135 Å². The molecule has 1 N–H and O–H groups in total. The van der Waals surface area contributed by atoms with Gasteiger partial charge < -0.3 is 37.3 Å². The van der Waals surface area contributed by atoms with Gasteiger partial charge in [0.2, 0.25) is 29.4 Å². The monoisotopic (exact) mass is 1790 g/mol. The summed E-state index contributed by atoms with van der Waals surface area (Å²) in [6, 6.07) is 88.2. The second-order valence-electron chi connectivity index (χ2n) is 26.6. The first-order valence-electron chi connectivity index (χ1n) is 35.9. The van der Waals surface area contributed by atoms with Crippen LogP contribution in [0.25, 0.3) is 94.3 Å². The molecule has 0 aliphatic carbocycles. The molecule has 11 aromatic carbocycles. The third-order valence-corrected chi connectivity index (χ3v) is 20.1. The first-order chi connectivity index (χ1) is 53.9. The van der Waals surface area contributed by atoms with Crippen LogP contribution in [-0.4, -0.2) is 52.9 Å². The predicted octanol–water partition coefficient (Wildman–Crippen LogP) is 24.5. The quantitative estimate of drug-likeness (QED) is 0.108. The normalized spacial score (nSPS) is 11.2. The smallest absolute Gasteiger partial charge is 0.564 e. The van der Waals surface area contributed by atoms with Crippen LogP contribution in [0.4, 0.5) is 0 Å². The van der Waals surface area contributed by atoms with E-state index in [1.807, 2.05) is 286 Å². The average molecular weight is 1790 g/mol. The molecule has 0 fully saturated rings. The Labute approximate surface area is 676 Å². The average Bonchev–Trinajstić information content (AvgIpc) is 1.62. The molecule has 0 aliphatic heterocycles. The first kappa shape index (κ1) is 75.0. The molecule has 8 heterocycles. The molecule has 0 unspecified atom stereocenters. The van der Waals surface area contributed by atoms with Crippen molar-refractivity contribution in [2.45, 2.75) is 69.2 Å². The summed E-state index contributed by atoms with van der Waals surface area (Å²) in [5, 5.41) is 15.1. The van der Waals surface area contributed by atoms with E-state index >= 15 is 0 Å². The Kier molecular flexibility index (Phi) is 21.3. The number of furan rings is 3. The number of hydrogen-bond acceptors (Lipinski definition) is 13. The molecule has 19 rings (SSSR count). The van der Waals surface area contributed by atoms with Crippen LogP contribution < -0.4 is 18.9 Å². The minimum absolute atomic E-state index is 0. The Balaban J connectivity index is 0.000000130. The number of ether oxygens (including phenoxy) is 4. The van der Waals surface area contributed by atoms with E-state index in [1.54, 1.807) is 0 Å². The summed E-state index contributed by atoms with van der Waals surface area (Å²) >= 11 is 6.94. The van der Waals surface area contributed by atoms with Gasteiger partial charge in [-0.2, -0.15) is 35.7 Å². The molecule has 0 spiro atoms. The van der Waals surface area contributed by atoms with E-state index in [4.69, 9.17) is 42.2 Å². The minimum atomic E-state index is 0. The van der Waals surface area contributed by atoms with Gasteiger partial charge in [0.05, 0.1) is 28.5 Å². The van der Waals surface area contributed by atoms with E-state index in [9.17, 15) is 5.11 Å². The fraction of sp³-hybridized carbons (Fsp3) is 0.110. The largest absolute Gasteiger partial charge is 2.00 e. The molecule has 19 aromatic rings. The van der Waals surface area contributed by atoms with Crippen LogP contribution in [0.1, 0.15) is 57.6 Å². The van der Waals surface area contributed by atoms with Crippen molar-refractivity contribution in [2.75, 3.05) is 0 Å². The zero-order chi connectivity index (χ0) is 76.7. The van der Waals surface area contributed by atoms with Gasteiger partial charge in [0.1, 0.15) is 63.0 Å². The van der Waals surface area contributed by atoms with Crippen molar-refractivity contribution in [2.24, 2.45) is 0 Å². The zero-order valence-corrected chi connectivity index (χ0v) is 68.0. The molecular weight excluding hydrogens is 1720 g/mol. The maximum absolute atomic E-state index is 9.45. The fourth-order valence-corrected chi connectivity index (χ4v) is 14.7. The third kappa shape index (κ3) is 15.1. The number of fused-ring (bicyclic) bond motifs is 9. The van der Waals surface area contributed by atoms with E-state index in [0.717, 1.165) is 150 Å². The number of nitrogens with zero attached hydrogens (tertiary/aromatic N) is 10. The van der Waals surface area contributed by atoms with Crippen LogP contribution in [0.15, 0.2) is 271 Å². The topological polar surface area (TPSA) is 186 Å². The van der Waals surface area contributed by atoms with Crippen molar-refractivity contribution in [3.05, 3.63) is 327 Å². The van der Waals surface area contributed by atoms with E-state index in [-0.39, 0.29) is 26.9 Å². The summed E-state index contributed by atoms with van der Waals surface area (Å²) in [6.45, 7) is 19.6. The minimum Gasteiger partial charge on any atom is -0.564 e. The van der Waals surface area contributed by atoms with Crippen LogP contribution in [0.3, 0.4) is 0 Å². The Morgan fingerprint density at radius 2 is 0.554 bits per heavy atom. The van der Waals surface area contributed by atoms with Crippen LogP contribution in [-0.2, 0) is 21.1 Å². The van der Waals surface area contributed by atoms with Gasteiger partial charge >= 0.3 is 21.1 Å². The van der Waals surface area contributed by atoms with Gasteiger partial charge in [0, 0.05) is 70.4 Å². The Hall–Kier alpha value is -12.5. The van der Waals surface area contributed by atoms with Gasteiger partial charge in [-0.05, 0) is 214 Å². The molecule has 0 amide bonds. The van der Waals surface area contributed by atoms with Crippen molar-refractivity contribution in [1.29, 1.82) is 0 Å². The zero-order valence-electron chi connectivity index (χ0n) is 62.5. The van der Waals surface area contributed by atoms with Crippen molar-refractivity contribution in [3.63, 3.8) is 0 Å². The van der Waals surface area contributed by atoms with Crippen molar-refractivity contribution < 1.29 is 58.4 Å². The fourth-order valence-electron chi connectivity index (χ4n) is 14.0. The molecule has 0 aliphatic rings. The number of rotatable bonds is 13. The van der Waals surface area contributed by atoms with Gasteiger partial charge in [-0.25, -0.2) is 0 Å². The van der Waals surface area contributed by atoms with E-state index in [0.29, 0.717) is 57.7 Å². The van der Waals surface area contributed by atoms with Crippen LogP contribution in [0.2, 0.25) is 0 Å². The van der Waals surface area contributed by atoms with Crippen molar-refractivity contribution in [1.82, 2.24) is 47.8 Å². The molecule has 0 saturated carbocycles. The Bertz CT molecular complexity index is 6000. The summed E-state index contributed by atoms with van der Waals surface area (Å²) in [5.41, 5.74) is 14.4. The second-order valence-corrected chi connectivity index (χ2v) is 28.4. The molecule has 21 heteroatoms. The van der Waals surface area contributed by atoms with E-state index in [2.05, 4.69) is 114 Å². The summed E-state index contributed by atoms with van der Waals surface area (Å²) in [5.74, 6) is 8.94. The molecule has 18 nitrogen and oxygen atoms in total. The summed E-state index contributed by atoms with van der Waals surface area (Å²) < 4.78 is 55.3. The van der Waals surface area contributed by atoms with Crippen LogP contribution >= 0.6 is 31.9 Å². The number of aryl methyl sites for hydroxylation is 5. The summed E-state index contributed by atoms with van der Waals surface area (Å²) in [6.07, 6.45) is 0. The van der Waals surface area contributed by atoms with Crippen molar-refractivity contribution >= 4 is 97.7 Å². The van der Waals surface area contributed by atoms with Gasteiger partial charge in [-0.15, -0.1) is 24.3 Å². The van der Waals surface area contributed by atoms with E-state index in [1.165, 1.54) is 0 Å². The standard InChI is InChI=1S/C34H28N4O3.C34H26N4O3.C12H6Br2O.C11H12N2O.Pt/c2*1-21-33(35-23(3)37(21)25-11-7-5-8-12-25)39-27-15-17-31-29(19-27)30-20-28(16-18-32(30)41-31)40-34-22(2)38(24(4)36-34)26-13-9-6-10-14-26;13-7-1-3-11-9(5-7)10-6-8(14)2-4-12(10)15-11;1-8-11(14)12-9(2)13(8)10-6-4-3-5-7-10;/h5-20H,1-4H3;5-18H,1-4H3;1-6H;3-7,14H,1-2H3;/q;-2;;;+2. The second kappa shape index (κ2) is 31.8. The number of benzene rings is 11. The van der Waals surface area contributed by atoms with Crippen LogP contribution in [0, 0.1) is 81.4 Å². The van der Waals surface area contributed by atoms with Gasteiger partial charge in [0.15, 0.2) is 0 Å². The predicted molar refractivity (Wildman–Crippen MR) is 441 cm³/mol. The van der Waals surface area contributed by atoms with E-state index < -0.39 is 0 Å². The SMILES string of the molecule is Brc1ccc2oc3ccc(Br)cc3c2c1.Cc1nc(O)c(C)n1-c1ccccc1.Cc1nc(Oc2[c-]c3c(cc2)oc2ccc(Oc4nc(C)n(-c5ccccc5)c4C)[c-]c23)c(C)n1-c1ccccc1.Cc1nc(Oc2ccc3oc4ccc(Oc5nc(C)n(-c6ccccc6)c5C)cc4c3c2)c(C)n1-c1ccccc1.[Pt+2]. The molecule has 0 atom stereocenters. The molecule has 0 bridgehead atoms. The molecular formula is C91H72Br2N10O8Pt. The number of para-hydroxylation sites is 5. The van der Waals surface area contributed by atoms with Crippen LogP contribution in [0.5, 0.6) is 52.4 Å². The molecule has 0 radical (unpaired) electrons. The van der Waals surface area contributed by atoms with Gasteiger partial charge in [0.25, 0.3) is 0 Å². The maximum Gasteiger partial charge on any atom is 2.00 e. The van der Waals surface area contributed by atoms with Crippen molar-refractivity contribution in [3.8, 4) is 80.8 Å².